The highest BCUT2D eigenvalue weighted by atomic mass is 15.5. The summed E-state index contributed by atoms with van der Waals surface area (Å²) in [4.78, 5) is 4.24. The fourth-order valence-corrected chi connectivity index (χ4v) is 3.09. The molecule has 1 aliphatic rings. The van der Waals surface area contributed by atoms with Crippen molar-refractivity contribution in [3.8, 4) is 0 Å². The topological polar surface area (TPSA) is 28.5 Å². The Morgan fingerprint density at radius 2 is 1.71 bits per heavy atom. The molecule has 2 aromatic carbocycles. The van der Waals surface area contributed by atoms with E-state index in [4.69, 9.17) is 5.10 Å². The van der Waals surface area contributed by atoms with Gasteiger partial charge in [0.15, 0.2) is 0 Å². The highest BCUT2D eigenvalue weighted by molar-refractivity contribution is 6.03. The van der Waals surface area contributed by atoms with E-state index < -0.39 is 0 Å². The van der Waals surface area contributed by atoms with Crippen molar-refractivity contribution in [1.82, 2.24) is 4.98 Å². The molecule has 24 heavy (non-hydrogen) atoms. The summed E-state index contributed by atoms with van der Waals surface area (Å²) >= 11 is 0. The quantitative estimate of drug-likeness (QED) is 0.698. The molecule has 0 amide bonds. The number of hydrogen-bond donors (Lipinski definition) is 0. The number of hydrogen-bond acceptors (Lipinski definition) is 3. The first-order valence-corrected chi connectivity index (χ1v) is 8.20. The van der Waals surface area contributed by atoms with Gasteiger partial charge < -0.3 is 0 Å². The van der Waals surface area contributed by atoms with Crippen LogP contribution in [0.1, 0.15) is 29.2 Å². The number of nitrogens with zero attached hydrogens (tertiary/aromatic N) is 3. The van der Waals surface area contributed by atoms with Gasteiger partial charge in [-0.2, -0.15) is 5.10 Å². The van der Waals surface area contributed by atoms with Gasteiger partial charge in [-0.25, -0.2) is 0 Å². The molecule has 0 fully saturated rings. The fourth-order valence-electron chi connectivity index (χ4n) is 3.09. The van der Waals surface area contributed by atoms with Crippen molar-refractivity contribution in [1.29, 1.82) is 0 Å². The lowest BCUT2D eigenvalue weighted by atomic mass is 9.99. The van der Waals surface area contributed by atoms with Gasteiger partial charge in [0, 0.05) is 24.4 Å². The second-order valence-corrected chi connectivity index (χ2v) is 6.10. The molecule has 0 unspecified atom stereocenters. The maximum absolute atomic E-state index is 4.93. The summed E-state index contributed by atoms with van der Waals surface area (Å²) in [6, 6.07) is 23.4. The van der Waals surface area contributed by atoms with Crippen LogP contribution in [0.2, 0.25) is 0 Å². The first-order chi connectivity index (χ1) is 11.8. The van der Waals surface area contributed by atoms with Gasteiger partial charge in [-0.1, -0.05) is 54.1 Å². The van der Waals surface area contributed by atoms with Gasteiger partial charge in [0.2, 0.25) is 0 Å². The molecule has 0 spiro atoms. The van der Waals surface area contributed by atoms with Gasteiger partial charge in [-0.15, -0.1) is 0 Å². The van der Waals surface area contributed by atoms with E-state index in [2.05, 4.69) is 77.6 Å². The number of aromatic nitrogens is 1. The minimum absolute atomic E-state index is 0.212. The molecule has 0 N–H and O–H groups in total. The predicted molar refractivity (Wildman–Crippen MR) is 98.2 cm³/mol. The molecule has 1 aliphatic heterocycles. The number of pyridine rings is 1. The molecule has 0 aliphatic carbocycles. The first kappa shape index (κ1) is 14.6. The van der Waals surface area contributed by atoms with Crippen molar-refractivity contribution < 1.29 is 0 Å². The van der Waals surface area contributed by atoms with Crippen molar-refractivity contribution in [3.05, 3.63) is 95.8 Å². The minimum atomic E-state index is 0.212. The number of aryl methyl sites for hydroxylation is 1. The third-order valence-corrected chi connectivity index (χ3v) is 4.39. The lowest BCUT2D eigenvalue weighted by Crippen LogP contribution is -2.18. The Labute approximate surface area is 142 Å². The molecule has 118 valence electrons. The summed E-state index contributed by atoms with van der Waals surface area (Å²) < 4.78 is 0. The molecular weight excluding hydrogens is 294 g/mol. The second-order valence-electron chi connectivity index (χ2n) is 6.10. The van der Waals surface area contributed by atoms with Crippen LogP contribution in [0, 0.1) is 6.92 Å². The minimum Gasteiger partial charge on any atom is -0.264 e. The normalized spacial score (nSPS) is 17.0. The van der Waals surface area contributed by atoms with Crippen molar-refractivity contribution in [3.63, 3.8) is 0 Å². The SMILES string of the molecule is Cc1ccc(N2N=C(c3cccnc3)C[C@@H]2c2ccccc2)cc1. The van der Waals surface area contributed by atoms with Crippen LogP contribution in [0.5, 0.6) is 0 Å². The Morgan fingerprint density at radius 1 is 0.917 bits per heavy atom. The van der Waals surface area contributed by atoms with Gasteiger partial charge in [-0.05, 0) is 30.7 Å². The van der Waals surface area contributed by atoms with Crippen LogP contribution in [0.15, 0.2) is 84.2 Å². The molecular formula is C21H19N3. The molecule has 4 rings (SSSR count). The zero-order chi connectivity index (χ0) is 16.4. The summed E-state index contributed by atoms with van der Waals surface area (Å²) in [7, 11) is 0. The molecule has 3 heteroatoms. The molecule has 0 bridgehead atoms. The predicted octanol–water partition coefficient (Wildman–Crippen LogP) is 4.75. The molecule has 3 aromatic rings. The van der Waals surface area contributed by atoms with Crippen LogP contribution in [-0.2, 0) is 0 Å². The van der Waals surface area contributed by atoms with E-state index in [1.165, 1.54) is 11.1 Å². The van der Waals surface area contributed by atoms with Crippen molar-refractivity contribution >= 4 is 11.4 Å². The van der Waals surface area contributed by atoms with Gasteiger partial charge in [0.25, 0.3) is 0 Å². The maximum Gasteiger partial charge on any atom is 0.0831 e. The lowest BCUT2D eigenvalue weighted by Gasteiger charge is -2.24. The first-order valence-electron chi connectivity index (χ1n) is 8.20. The monoisotopic (exact) mass is 313 g/mol. The van der Waals surface area contributed by atoms with Crippen LogP contribution in [-0.4, -0.2) is 10.7 Å². The van der Waals surface area contributed by atoms with Gasteiger partial charge in [0.05, 0.1) is 17.4 Å². The average Bonchev–Trinajstić information content (AvgIpc) is 3.09. The number of hydrazone groups is 1. The Bertz CT molecular complexity index is 839. The molecule has 1 atom stereocenters. The Morgan fingerprint density at radius 3 is 2.42 bits per heavy atom. The van der Waals surface area contributed by atoms with Crippen molar-refractivity contribution in [2.24, 2.45) is 5.10 Å². The van der Waals surface area contributed by atoms with E-state index in [1.807, 2.05) is 12.3 Å². The zero-order valence-electron chi connectivity index (χ0n) is 13.6. The second kappa shape index (κ2) is 6.28. The van der Waals surface area contributed by atoms with Gasteiger partial charge in [0.1, 0.15) is 0 Å². The number of benzene rings is 2. The highest BCUT2D eigenvalue weighted by Crippen LogP contribution is 2.36. The molecule has 0 saturated heterocycles. The van der Waals surface area contributed by atoms with Gasteiger partial charge in [-0.3, -0.25) is 9.99 Å². The molecule has 1 aromatic heterocycles. The molecule has 0 saturated carbocycles. The number of rotatable bonds is 3. The Kier molecular flexibility index (Phi) is 3.83. The summed E-state index contributed by atoms with van der Waals surface area (Å²) in [6.07, 6.45) is 4.56. The summed E-state index contributed by atoms with van der Waals surface area (Å²) in [5.41, 5.74) is 5.82. The van der Waals surface area contributed by atoms with Crippen LogP contribution in [0.25, 0.3) is 0 Å². The van der Waals surface area contributed by atoms with E-state index in [0.29, 0.717) is 0 Å². The Balaban J connectivity index is 1.75. The van der Waals surface area contributed by atoms with E-state index in [1.54, 1.807) is 6.20 Å². The Hall–Kier alpha value is -2.94. The summed E-state index contributed by atoms with van der Waals surface area (Å²) in [5, 5.41) is 7.06. The number of anilines is 1. The van der Waals surface area contributed by atoms with Crippen LogP contribution < -0.4 is 5.01 Å². The largest absolute Gasteiger partial charge is 0.264 e. The summed E-state index contributed by atoms with van der Waals surface area (Å²) in [5.74, 6) is 0. The zero-order valence-corrected chi connectivity index (χ0v) is 13.6. The standard InChI is InChI=1S/C21H19N3/c1-16-9-11-19(12-10-16)24-21(17-6-3-2-4-7-17)14-20(23-24)18-8-5-13-22-15-18/h2-13,15,21H,14H2,1H3/t21-/m1/s1. The van der Waals surface area contributed by atoms with Crippen LogP contribution in [0.3, 0.4) is 0 Å². The van der Waals surface area contributed by atoms with E-state index in [9.17, 15) is 0 Å². The molecule has 0 radical (unpaired) electrons. The van der Waals surface area contributed by atoms with E-state index in [-0.39, 0.29) is 6.04 Å². The smallest absolute Gasteiger partial charge is 0.0831 e. The average molecular weight is 313 g/mol. The third kappa shape index (κ3) is 2.81. The maximum atomic E-state index is 4.93. The van der Waals surface area contributed by atoms with E-state index >= 15 is 0 Å². The molecule has 2 heterocycles. The lowest BCUT2D eigenvalue weighted by molar-refractivity contribution is 0.709. The van der Waals surface area contributed by atoms with E-state index in [0.717, 1.165) is 23.4 Å². The van der Waals surface area contributed by atoms with Gasteiger partial charge >= 0.3 is 0 Å². The summed E-state index contributed by atoms with van der Waals surface area (Å²) in [6.45, 7) is 2.10. The molecule has 3 nitrogen and oxygen atoms in total. The van der Waals surface area contributed by atoms with Crippen molar-refractivity contribution in [2.45, 2.75) is 19.4 Å². The third-order valence-electron chi connectivity index (χ3n) is 4.39. The van der Waals surface area contributed by atoms with Crippen molar-refractivity contribution in [2.75, 3.05) is 5.01 Å². The highest BCUT2D eigenvalue weighted by Gasteiger charge is 2.29. The fraction of sp³-hybridized carbons (Fsp3) is 0.143. The van der Waals surface area contributed by atoms with Crippen LogP contribution in [0.4, 0.5) is 5.69 Å². The van der Waals surface area contributed by atoms with Crippen LogP contribution >= 0.6 is 0 Å².